The number of nitrogens with zero attached hydrogens (tertiary/aromatic N) is 2. The van der Waals surface area contributed by atoms with Gasteiger partial charge in [-0.05, 0) is 12.3 Å². The van der Waals surface area contributed by atoms with Gasteiger partial charge in [0.1, 0.15) is 5.69 Å². The van der Waals surface area contributed by atoms with E-state index in [4.69, 9.17) is 4.74 Å². The maximum Gasteiger partial charge on any atom is 0.162 e. The highest BCUT2D eigenvalue weighted by Gasteiger charge is 2.18. The number of hydrogen-bond donors (Lipinski definition) is 1. The van der Waals surface area contributed by atoms with E-state index in [1.807, 2.05) is 0 Å². The average Bonchev–Trinajstić information content (AvgIpc) is 2.45. The van der Waals surface area contributed by atoms with Gasteiger partial charge in [-0.3, -0.25) is 4.68 Å². The molecule has 0 spiro atoms. The Bertz CT molecular complexity index is 294. The zero-order valence-corrected chi connectivity index (χ0v) is 9.19. The Morgan fingerprint density at radius 1 is 1.57 bits per heavy atom. The van der Waals surface area contributed by atoms with Crippen molar-refractivity contribution in [3.63, 3.8) is 0 Å². The van der Waals surface area contributed by atoms with Crippen molar-refractivity contribution in [2.75, 3.05) is 7.11 Å². The third-order valence-corrected chi connectivity index (χ3v) is 2.18. The lowest BCUT2D eigenvalue weighted by Gasteiger charge is -2.14. The highest BCUT2D eigenvalue weighted by Crippen LogP contribution is 2.28. The van der Waals surface area contributed by atoms with Crippen LogP contribution in [0.25, 0.3) is 0 Å². The van der Waals surface area contributed by atoms with Crippen LogP contribution in [-0.2, 0) is 7.05 Å². The van der Waals surface area contributed by atoms with Gasteiger partial charge in [0.2, 0.25) is 0 Å². The van der Waals surface area contributed by atoms with E-state index < -0.39 is 6.10 Å². The minimum Gasteiger partial charge on any atom is -0.493 e. The van der Waals surface area contributed by atoms with Gasteiger partial charge in [-0.1, -0.05) is 13.8 Å². The molecule has 1 atom stereocenters. The second-order valence-corrected chi connectivity index (χ2v) is 3.87. The van der Waals surface area contributed by atoms with E-state index in [1.54, 1.807) is 25.0 Å². The first-order chi connectivity index (χ1) is 6.56. The summed E-state index contributed by atoms with van der Waals surface area (Å²) in [7, 11) is 3.39. The molecule has 1 heterocycles. The highest BCUT2D eigenvalue weighted by atomic mass is 16.5. The monoisotopic (exact) mass is 198 g/mol. The van der Waals surface area contributed by atoms with Crippen molar-refractivity contribution in [2.45, 2.75) is 26.4 Å². The van der Waals surface area contributed by atoms with Gasteiger partial charge in [0, 0.05) is 7.05 Å². The molecule has 4 nitrogen and oxygen atoms in total. The molecule has 1 rings (SSSR count). The van der Waals surface area contributed by atoms with Crippen molar-refractivity contribution in [2.24, 2.45) is 13.0 Å². The molecule has 14 heavy (non-hydrogen) atoms. The molecule has 0 fully saturated rings. The summed E-state index contributed by atoms with van der Waals surface area (Å²) in [5, 5.41) is 14.0. The van der Waals surface area contributed by atoms with Crippen molar-refractivity contribution in [3.05, 3.63) is 11.9 Å². The van der Waals surface area contributed by atoms with Gasteiger partial charge in [0.25, 0.3) is 0 Å². The van der Waals surface area contributed by atoms with Crippen LogP contribution in [0.2, 0.25) is 0 Å². The summed E-state index contributed by atoms with van der Waals surface area (Å²) < 4.78 is 6.78. The molecule has 0 bridgehead atoms. The first kappa shape index (κ1) is 11.0. The predicted octanol–water partition coefficient (Wildman–Crippen LogP) is 1.51. The SMILES string of the molecule is COc1cnn(C)c1C(O)CC(C)C. The van der Waals surface area contributed by atoms with Crippen LogP contribution in [0.15, 0.2) is 6.20 Å². The summed E-state index contributed by atoms with van der Waals surface area (Å²) in [6, 6.07) is 0. The normalized spacial score (nSPS) is 13.3. The van der Waals surface area contributed by atoms with Crippen LogP contribution in [0.1, 0.15) is 32.1 Å². The number of aromatic nitrogens is 2. The lowest BCUT2D eigenvalue weighted by Crippen LogP contribution is -2.09. The third kappa shape index (κ3) is 2.26. The van der Waals surface area contributed by atoms with E-state index in [0.717, 1.165) is 12.1 Å². The van der Waals surface area contributed by atoms with Crippen molar-refractivity contribution >= 4 is 0 Å². The van der Waals surface area contributed by atoms with Gasteiger partial charge in [-0.15, -0.1) is 0 Å². The van der Waals surface area contributed by atoms with Crippen LogP contribution >= 0.6 is 0 Å². The predicted molar refractivity (Wildman–Crippen MR) is 54.2 cm³/mol. The first-order valence-corrected chi connectivity index (χ1v) is 4.80. The maximum absolute atomic E-state index is 9.93. The maximum atomic E-state index is 9.93. The summed E-state index contributed by atoms with van der Waals surface area (Å²) >= 11 is 0. The fraction of sp³-hybridized carbons (Fsp3) is 0.700. The Hall–Kier alpha value is -1.03. The summed E-state index contributed by atoms with van der Waals surface area (Å²) in [5.41, 5.74) is 0.751. The van der Waals surface area contributed by atoms with E-state index in [9.17, 15) is 5.11 Å². The van der Waals surface area contributed by atoms with Crippen molar-refractivity contribution in [1.29, 1.82) is 0 Å². The summed E-state index contributed by atoms with van der Waals surface area (Å²) in [4.78, 5) is 0. The molecule has 80 valence electrons. The molecular weight excluding hydrogens is 180 g/mol. The molecule has 0 aromatic carbocycles. The van der Waals surface area contributed by atoms with Crippen LogP contribution in [0.5, 0.6) is 5.75 Å². The molecule has 1 N–H and O–H groups in total. The third-order valence-electron chi connectivity index (χ3n) is 2.18. The molecule has 0 saturated carbocycles. The van der Waals surface area contributed by atoms with Crippen LogP contribution in [0.4, 0.5) is 0 Å². The molecule has 0 saturated heterocycles. The zero-order valence-electron chi connectivity index (χ0n) is 9.19. The number of aliphatic hydroxyl groups is 1. The highest BCUT2D eigenvalue weighted by molar-refractivity contribution is 5.26. The number of hydrogen-bond acceptors (Lipinski definition) is 3. The smallest absolute Gasteiger partial charge is 0.162 e. The summed E-state index contributed by atoms with van der Waals surface area (Å²) in [6.45, 7) is 4.15. The molecule has 1 aromatic rings. The summed E-state index contributed by atoms with van der Waals surface area (Å²) in [5.74, 6) is 1.10. The molecule has 0 amide bonds. The molecule has 1 unspecified atom stereocenters. The fourth-order valence-corrected chi connectivity index (χ4v) is 1.52. The van der Waals surface area contributed by atoms with Gasteiger partial charge in [0.05, 0.1) is 19.4 Å². The van der Waals surface area contributed by atoms with E-state index >= 15 is 0 Å². The minimum atomic E-state index is -0.502. The lowest BCUT2D eigenvalue weighted by molar-refractivity contribution is 0.138. The van der Waals surface area contributed by atoms with Gasteiger partial charge >= 0.3 is 0 Å². The van der Waals surface area contributed by atoms with Gasteiger partial charge in [-0.2, -0.15) is 5.10 Å². The quantitative estimate of drug-likeness (QED) is 0.797. The average molecular weight is 198 g/mol. The van der Waals surface area contributed by atoms with E-state index in [2.05, 4.69) is 18.9 Å². The molecule has 0 aliphatic carbocycles. The van der Waals surface area contributed by atoms with Crippen LogP contribution in [0.3, 0.4) is 0 Å². The Morgan fingerprint density at radius 2 is 2.21 bits per heavy atom. The van der Waals surface area contributed by atoms with Crippen LogP contribution in [-0.4, -0.2) is 22.0 Å². The molecule has 0 aliphatic heterocycles. The van der Waals surface area contributed by atoms with Gasteiger partial charge in [-0.25, -0.2) is 0 Å². The minimum absolute atomic E-state index is 0.449. The second kappa shape index (κ2) is 4.46. The van der Waals surface area contributed by atoms with E-state index in [0.29, 0.717) is 11.7 Å². The van der Waals surface area contributed by atoms with Crippen molar-refractivity contribution in [3.8, 4) is 5.75 Å². The topological polar surface area (TPSA) is 47.3 Å². The lowest BCUT2D eigenvalue weighted by atomic mass is 10.0. The van der Waals surface area contributed by atoms with E-state index in [1.165, 1.54) is 0 Å². The molecule has 1 aromatic heterocycles. The fourth-order valence-electron chi connectivity index (χ4n) is 1.52. The van der Waals surface area contributed by atoms with Crippen molar-refractivity contribution < 1.29 is 9.84 Å². The Balaban J connectivity index is 2.86. The number of aliphatic hydroxyl groups excluding tert-OH is 1. The number of aryl methyl sites for hydroxylation is 1. The van der Waals surface area contributed by atoms with Crippen molar-refractivity contribution in [1.82, 2.24) is 9.78 Å². The Labute approximate surface area is 84.5 Å². The van der Waals surface area contributed by atoms with Gasteiger partial charge < -0.3 is 9.84 Å². The molecular formula is C10H18N2O2. The standard InChI is InChI=1S/C10H18N2O2/c1-7(2)5-8(13)10-9(14-4)6-11-12(10)3/h6-8,13H,5H2,1-4H3. The first-order valence-electron chi connectivity index (χ1n) is 4.80. The number of ether oxygens (including phenoxy) is 1. The zero-order chi connectivity index (χ0) is 10.7. The van der Waals surface area contributed by atoms with Crippen LogP contribution in [0, 0.1) is 5.92 Å². The Kier molecular flexibility index (Phi) is 3.52. The molecule has 4 heteroatoms. The molecule has 0 aliphatic rings. The van der Waals surface area contributed by atoms with Crippen LogP contribution < -0.4 is 4.74 Å². The second-order valence-electron chi connectivity index (χ2n) is 3.87. The number of rotatable bonds is 4. The molecule has 0 radical (unpaired) electrons. The largest absolute Gasteiger partial charge is 0.493 e. The van der Waals surface area contributed by atoms with Gasteiger partial charge in [0.15, 0.2) is 5.75 Å². The Morgan fingerprint density at radius 3 is 2.71 bits per heavy atom. The summed E-state index contributed by atoms with van der Waals surface area (Å²) in [6.07, 6.45) is 1.84. The number of methoxy groups -OCH3 is 1. The van der Waals surface area contributed by atoms with E-state index in [-0.39, 0.29) is 0 Å².